The summed E-state index contributed by atoms with van der Waals surface area (Å²) >= 11 is 0. The molecule has 3 heteroatoms. The van der Waals surface area contributed by atoms with Gasteiger partial charge in [0.1, 0.15) is 12.3 Å². The summed E-state index contributed by atoms with van der Waals surface area (Å²) in [7, 11) is 0. The van der Waals surface area contributed by atoms with Crippen molar-refractivity contribution in [3.8, 4) is 5.88 Å². The first kappa shape index (κ1) is 11.9. The quantitative estimate of drug-likeness (QED) is 0.805. The molecule has 1 aromatic rings. The fraction of sp³-hybridized carbons (Fsp3) is 0.667. The molecule has 0 aliphatic heterocycles. The van der Waals surface area contributed by atoms with Gasteiger partial charge in [-0.25, -0.2) is 9.37 Å². The molecule has 98 valence electrons. The van der Waals surface area contributed by atoms with Crippen molar-refractivity contribution in [3.63, 3.8) is 0 Å². The maximum absolute atomic E-state index is 13.2. The molecule has 0 N–H and O–H groups in total. The lowest BCUT2D eigenvalue weighted by molar-refractivity contribution is 0.113. The average Bonchev–Trinajstić information content (AvgIpc) is 2.69. The summed E-state index contributed by atoms with van der Waals surface area (Å²) in [5.41, 5.74) is 0.652. The Bertz CT molecular complexity index is 409. The number of hydrogen-bond acceptors (Lipinski definition) is 2. The maximum Gasteiger partial charge on any atom is 0.213 e. The number of alkyl halides is 1. The van der Waals surface area contributed by atoms with E-state index in [1.54, 1.807) is 25.3 Å². The van der Waals surface area contributed by atoms with Crippen LogP contribution < -0.4 is 4.74 Å². The Labute approximate surface area is 108 Å². The topological polar surface area (TPSA) is 22.1 Å². The molecule has 2 aliphatic carbocycles. The van der Waals surface area contributed by atoms with Crippen LogP contribution in [0.3, 0.4) is 0 Å². The molecule has 18 heavy (non-hydrogen) atoms. The molecular formula is C15H20FNO. The second-order valence-electron chi connectivity index (χ2n) is 5.80. The maximum atomic E-state index is 13.2. The Hall–Kier alpha value is -1.12. The van der Waals surface area contributed by atoms with E-state index in [1.165, 1.54) is 19.3 Å². The molecule has 0 aromatic carbocycles. The Kier molecular flexibility index (Phi) is 3.23. The number of pyridine rings is 1. The summed E-state index contributed by atoms with van der Waals surface area (Å²) in [5, 5.41) is 0. The Morgan fingerprint density at radius 2 is 2.00 bits per heavy atom. The molecule has 1 aromatic heterocycles. The molecule has 2 bridgehead atoms. The second-order valence-corrected chi connectivity index (χ2v) is 5.80. The van der Waals surface area contributed by atoms with E-state index in [0.717, 1.165) is 24.7 Å². The fourth-order valence-corrected chi connectivity index (χ4v) is 3.45. The first-order valence-corrected chi connectivity index (χ1v) is 6.97. The molecule has 1 unspecified atom stereocenters. The van der Waals surface area contributed by atoms with E-state index < -0.39 is 6.17 Å². The van der Waals surface area contributed by atoms with Gasteiger partial charge in [0, 0.05) is 12.3 Å². The van der Waals surface area contributed by atoms with Crippen molar-refractivity contribution in [2.45, 2.75) is 51.3 Å². The molecule has 2 saturated carbocycles. The van der Waals surface area contributed by atoms with E-state index in [1.807, 2.05) is 0 Å². The van der Waals surface area contributed by atoms with Crippen LogP contribution in [0.4, 0.5) is 4.39 Å². The van der Waals surface area contributed by atoms with Crippen LogP contribution in [-0.4, -0.2) is 11.1 Å². The number of nitrogens with zero attached hydrogens (tertiary/aromatic N) is 1. The van der Waals surface area contributed by atoms with E-state index in [-0.39, 0.29) is 6.10 Å². The minimum Gasteiger partial charge on any atom is -0.474 e. The van der Waals surface area contributed by atoms with Crippen LogP contribution in [0.2, 0.25) is 0 Å². The summed E-state index contributed by atoms with van der Waals surface area (Å²) < 4.78 is 19.2. The summed E-state index contributed by atoms with van der Waals surface area (Å²) in [6, 6.07) is 3.45. The highest BCUT2D eigenvalue weighted by Crippen LogP contribution is 2.43. The first-order valence-electron chi connectivity index (χ1n) is 6.97. The van der Waals surface area contributed by atoms with Crippen molar-refractivity contribution >= 4 is 0 Å². The van der Waals surface area contributed by atoms with Gasteiger partial charge in [-0.2, -0.15) is 0 Å². The largest absolute Gasteiger partial charge is 0.474 e. The highest BCUT2D eigenvalue weighted by Gasteiger charge is 2.35. The predicted molar refractivity (Wildman–Crippen MR) is 68.2 cm³/mol. The molecular weight excluding hydrogens is 229 g/mol. The molecule has 0 saturated heterocycles. The van der Waals surface area contributed by atoms with Crippen LogP contribution in [0.1, 0.15) is 50.8 Å². The summed E-state index contributed by atoms with van der Waals surface area (Å²) in [6.07, 6.45) is 7.36. The number of hydrogen-bond donors (Lipinski definition) is 0. The van der Waals surface area contributed by atoms with E-state index in [4.69, 9.17) is 4.74 Å². The smallest absolute Gasteiger partial charge is 0.213 e. The van der Waals surface area contributed by atoms with Crippen LogP contribution >= 0.6 is 0 Å². The normalized spacial score (nSPS) is 32.2. The number of rotatable bonds is 3. The van der Waals surface area contributed by atoms with Crippen molar-refractivity contribution in [1.29, 1.82) is 0 Å². The van der Waals surface area contributed by atoms with E-state index in [2.05, 4.69) is 4.98 Å². The number of halogens is 1. The lowest BCUT2D eigenvalue weighted by Crippen LogP contribution is -2.26. The van der Waals surface area contributed by atoms with Crippen molar-refractivity contribution in [3.05, 3.63) is 23.9 Å². The molecule has 3 rings (SSSR count). The third kappa shape index (κ3) is 2.50. The van der Waals surface area contributed by atoms with Gasteiger partial charge in [-0.05, 0) is 49.7 Å². The second kappa shape index (κ2) is 4.87. The van der Waals surface area contributed by atoms with E-state index in [9.17, 15) is 4.39 Å². The molecule has 1 heterocycles. The SMILES string of the molecule is CC(F)c1ccnc(O[C@@H]2C[C@@H]3CC[C@@H](C3)C2)c1. The molecule has 2 fully saturated rings. The summed E-state index contributed by atoms with van der Waals surface area (Å²) in [4.78, 5) is 4.20. The zero-order chi connectivity index (χ0) is 12.5. The molecule has 0 amide bonds. The Morgan fingerprint density at radius 1 is 1.28 bits per heavy atom. The minimum atomic E-state index is -0.960. The van der Waals surface area contributed by atoms with Crippen molar-refractivity contribution < 1.29 is 9.13 Å². The van der Waals surface area contributed by atoms with Gasteiger partial charge in [0.2, 0.25) is 5.88 Å². The lowest BCUT2D eigenvalue weighted by atomic mass is 9.87. The molecule has 0 radical (unpaired) electrons. The number of aromatic nitrogens is 1. The minimum absolute atomic E-state index is 0.286. The molecule has 2 nitrogen and oxygen atoms in total. The average molecular weight is 249 g/mol. The van der Waals surface area contributed by atoms with Gasteiger partial charge < -0.3 is 4.74 Å². The predicted octanol–water partition coefficient (Wildman–Crippen LogP) is 4.07. The molecule has 0 spiro atoms. The van der Waals surface area contributed by atoms with Gasteiger partial charge in [-0.3, -0.25) is 0 Å². The van der Waals surface area contributed by atoms with Crippen LogP contribution in [0.25, 0.3) is 0 Å². The highest BCUT2D eigenvalue weighted by atomic mass is 19.1. The van der Waals surface area contributed by atoms with Crippen LogP contribution in [-0.2, 0) is 0 Å². The molecule has 4 atom stereocenters. The first-order chi connectivity index (χ1) is 8.70. The van der Waals surface area contributed by atoms with Crippen LogP contribution in [0, 0.1) is 11.8 Å². The fourth-order valence-electron chi connectivity index (χ4n) is 3.45. The monoisotopic (exact) mass is 249 g/mol. The lowest BCUT2D eigenvalue weighted by Gasteiger charge is -2.27. The Morgan fingerprint density at radius 3 is 2.67 bits per heavy atom. The number of fused-ring (bicyclic) bond motifs is 2. The van der Waals surface area contributed by atoms with Gasteiger partial charge >= 0.3 is 0 Å². The van der Waals surface area contributed by atoms with Crippen LogP contribution in [0.15, 0.2) is 18.3 Å². The highest BCUT2D eigenvalue weighted by molar-refractivity contribution is 5.22. The molecule has 2 aliphatic rings. The van der Waals surface area contributed by atoms with Gasteiger partial charge in [0.25, 0.3) is 0 Å². The summed E-state index contributed by atoms with van der Waals surface area (Å²) in [5.74, 6) is 2.28. The van der Waals surface area contributed by atoms with Gasteiger partial charge in [-0.15, -0.1) is 0 Å². The Balaban J connectivity index is 1.67. The van der Waals surface area contributed by atoms with Gasteiger partial charge in [0.15, 0.2) is 0 Å². The zero-order valence-electron chi connectivity index (χ0n) is 10.8. The third-order valence-electron chi connectivity index (χ3n) is 4.35. The zero-order valence-corrected chi connectivity index (χ0v) is 10.8. The van der Waals surface area contributed by atoms with Gasteiger partial charge in [0.05, 0.1) is 0 Å². The summed E-state index contributed by atoms with van der Waals surface area (Å²) in [6.45, 7) is 1.54. The standard InChI is InChI=1S/C15H20FNO/c1-10(16)13-4-5-17-15(9-13)18-14-7-11-2-3-12(6-11)8-14/h4-5,9-12,14H,2-3,6-8H2,1H3/t10?,11-,12+,14-. The van der Waals surface area contributed by atoms with Crippen molar-refractivity contribution in [2.24, 2.45) is 11.8 Å². The van der Waals surface area contributed by atoms with Gasteiger partial charge in [-0.1, -0.05) is 12.8 Å². The number of ether oxygens (including phenoxy) is 1. The van der Waals surface area contributed by atoms with Crippen molar-refractivity contribution in [2.75, 3.05) is 0 Å². The van der Waals surface area contributed by atoms with Crippen molar-refractivity contribution in [1.82, 2.24) is 4.98 Å². The van der Waals surface area contributed by atoms with E-state index in [0.29, 0.717) is 11.4 Å². The van der Waals surface area contributed by atoms with Crippen LogP contribution in [0.5, 0.6) is 5.88 Å². The van der Waals surface area contributed by atoms with E-state index >= 15 is 0 Å². The third-order valence-corrected chi connectivity index (χ3v) is 4.35.